The molecule has 0 saturated carbocycles. The number of amides is 1. The number of primary amides is 1. The van der Waals surface area contributed by atoms with E-state index in [1.807, 2.05) is 0 Å². The van der Waals surface area contributed by atoms with Crippen LogP contribution in [0.15, 0.2) is 24.3 Å². The van der Waals surface area contributed by atoms with Gasteiger partial charge in [-0.3, -0.25) is 4.79 Å². The molecule has 0 aromatic carbocycles. The predicted octanol–water partition coefficient (Wildman–Crippen LogP) is 0.108. The molecule has 0 spiro atoms. The molecule has 3 heteroatoms. The first-order chi connectivity index (χ1) is 4.27. The zero-order valence-corrected chi connectivity index (χ0v) is 4.74. The minimum absolute atomic E-state index is 0.516. The third kappa shape index (κ3) is 6.44. The van der Waals surface area contributed by atoms with E-state index >= 15 is 0 Å². The maximum absolute atomic E-state index is 9.98. The highest BCUT2D eigenvalue weighted by atomic mass is 16.1. The van der Waals surface area contributed by atoms with Gasteiger partial charge in [-0.2, -0.15) is 5.26 Å². The zero-order chi connectivity index (χ0) is 7.11. The molecule has 0 aliphatic heterocycles. The van der Waals surface area contributed by atoms with E-state index in [-0.39, 0.29) is 0 Å². The predicted molar refractivity (Wildman–Crippen MR) is 33.1 cm³/mol. The first-order valence-corrected chi connectivity index (χ1v) is 2.29. The van der Waals surface area contributed by atoms with Gasteiger partial charge >= 0.3 is 0 Å². The summed E-state index contributed by atoms with van der Waals surface area (Å²) in [4.78, 5) is 9.98. The number of rotatable bonds is 2. The molecule has 46 valence electrons. The number of carbonyl (C=O) groups is 1. The average molecular weight is 122 g/mol. The van der Waals surface area contributed by atoms with Crippen LogP contribution in [0.1, 0.15) is 0 Å². The molecule has 0 fully saturated rings. The number of carbonyl (C=O) groups excluding carboxylic acids is 1. The van der Waals surface area contributed by atoms with Gasteiger partial charge in [-0.25, -0.2) is 0 Å². The summed E-state index contributed by atoms with van der Waals surface area (Å²) in [6.07, 6.45) is 5.27. The Morgan fingerprint density at radius 1 is 1.56 bits per heavy atom. The van der Waals surface area contributed by atoms with Crippen LogP contribution >= 0.6 is 0 Å². The Morgan fingerprint density at radius 3 is 2.67 bits per heavy atom. The van der Waals surface area contributed by atoms with Gasteiger partial charge < -0.3 is 5.73 Å². The van der Waals surface area contributed by atoms with E-state index in [2.05, 4.69) is 0 Å². The molecule has 0 aromatic rings. The van der Waals surface area contributed by atoms with Crippen molar-refractivity contribution in [3.05, 3.63) is 24.3 Å². The summed E-state index contributed by atoms with van der Waals surface area (Å²) in [6, 6.07) is 1.76. The molecule has 0 atom stereocenters. The van der Waals surface area contributed by atoms with Crippen molar-refractivity contribution < 1.29 is 4.79 Å². The molecule has 0 aromatic heterocycles. The van der Waals surface area contributed by atoms with Crippen molar-refractivity contribution in [2.45, 2.75) is 0 Å². The van der Waals surface area contributed by atoms with Crippen molar-refractivity contribution in [2.75, 3.05) is 0 Å². The van der Waals surface area contributed by atoms with Crippen LogP contribution in [0.5, 0.6) is 0 Å². The Kier molecular flexibility index (Phi) is 3.80. The van der Waals surface area contributed by atoms with Crippen LogP contribution < -0.4 is 5.73 Å². The second kappa shape index (κ2) is 4.60. The Hall–Kier alpha value is -1.56. The maximum atomic E-state index is 9.98. The zero-order valence-electron chi connectivity index (χ0n) is 4.74. The molecule has 0 rings (SSSR count). The largest absolute Gasteiger partial charge is 0.366 e. The summed E-state index contributed by atoms with van der Waals surface area (Å²) in [7, 11) is 0. The van der Waals surface area contributed by atoms with Crippen molar-refractivity contribution in [2.24, 2.45) is 5.73 Å². The summed E-state index contributed by atoms with van der Waals surface area (Å²) >= 11 is 0. The van der Waals surface area contributed by atoms with Crippen LogP contribution in [0.25, 0.3) is 0 Å². The van der Waals surface area contributed by atoms with Crippen LogP contribution in [-0.2, 0) is 4.79 Å². The summed E-state index contributed by atoms with van der Waals surface area (Å²) in [6.45, 7) is 0. The lowest BCUT2D eigenvalue weighted by molar-refractivity contribution is -0.113. The van der Waals surface area contributed by atoms with E-state index in [1.54, 1.807) is 6.07 Å². The lowest BCUT2D eigenvalue weighted by Gasteiger charge is -1.72. The molecule has 2 N–H and O–H groups in total. The monoisotopic (exact) mass is 122 g/mol. The lowest BCUT2D eigenvalue weighted by atomic mass is 10.4. The van der Waals surface area contributed by atoms with Crippen molar-refractivity contribution >= 4 is 5.91 Å². The minimum atomic E-state index is -0.516. The van der Waals surface area contributed by atoms with Gasteiger partial charge in [-0.05, 0) is 0 Å². The third-order valence-corrected chi connectivity index (χ3v) is 0.542. The second-order valence-corrected chi connectivity index (χ2v) is 1.25. The molecule has 9 heavy (non-hydrogen) atoms. The van der Waals surface area contributed by atoms with Crippen LogP contribution in [0.2, 0.25) is 0 Å². The van der Waals surface area contributed by atoms with E-state index in [4.69, 9.17) is 11.0 Å². The maximum Gasteiger partial charge on any atom is 0.241 e. The first kappa shape index (κ1) is 7.44. The number of nitrogens with two attached hydrogens (primary N) is 1. The fourth-order valence-electron chi connectivity index (χ4n) is 0.249. The van der Waals surface area contributed by atoms with E-state index in [9.17, 15) is 4.79 Å². The van der Waals surface area contributed by atoms with E-state index < -0.39 is 5.91 Å². The quantitative estimate of drug-likeness (QED) is 0.321. The Balaban J connectivity index is 3.63. The Labute approximate surface area is 53.1 Å². The molecular weight excluding hydrogens is 116 g/mol. The fourth-order valence-corrected chi connectivity index (χ4v) is 0.249. The molecule has 0 radical (unpaired) electrons. The minimum Gasteiger partial charge on any atom is -0.366 e. The molecule has 3 nitrogen and oxygen atoms in total. The topological polar surface area (TPSA) is 66.9 Å². The Morgan fingerprint density at radius 2 is 2.22 bits per heavy atom. The summed E-state index contributed by atoms with van der Waals surface area (Å²) in [5.74, 6) is -0.516. The van der Waals surface area contributed by atoms with Gasteiger partial charge in [0, 0.05) is 12.2 Å². The number of hydrogen-bond donors (Lipinski definition) is 1. The smallest absolute Gasteiger partial charge is 0.241 e. The Bertz CT molecular complexity index is 186. The number of hydrogen-bond acceptors (Lipinski definition) is 2. The van der Waals surface area contributed by atoms with Crippen molar-refractivity contribution in [1.82, 2.24) is 0 Å². The van der Waals surface area contributed by atoms with Gasteiger partial charge in [0.25, 0.3) is 0 Å². The summed E-state index contributed by atoms with van der Waals surface area (Å²) in [5.41, 5.74) is 4.73. The average Bonchev–Trinajstić information content (AvgIpc) is 1.80. The molecular formula is C6H6N2O. The van der Waals surface area contributed by atoms with Crippen LogP contribution in [0.3, 0.4) is 0 Å². The van der Waals surface area contributed by atoms with Gasteiger partial charge in [-0.1, -0.05) is 12.2 Å². The normalized spacial score (nSPS) is 10.1. The fraction of sp³-hybridized carbons (Fsp3) is 0. The summed E-state index contributed by atoms with van der Waals surface area (Å²) in [5, 5.41) is 7.94. The van der Waals surface area contributed by atoms with E-state index in [0.717, 1.165) is 0 Å². The van der Waals surface area contributed by atoms with Crippen molar-refractivity contribution in [3.8, 4) is 6.07 Å². The van der Waals surface area contributed by atoms with E-state index in [1.165, 1.54) is 24.3 Å². The number of nitrogens with zero attached hydrogens (tertiary/aromatic N) is 1. The van der Waals surface area contributed by atoms with Crippen LogP contribution in [0, 0.1) is 11.3 Å². The van der Waals surface area contributed by atoms with Gasteiger partial charge in [0.15, 0.2) is 0 Å². The lowest BCUT2D eigenvalue weighted by Crippen LogP contribution is -2.04. The van der Waals surface area contributed by atoms with Crippen LogP contribution in [-0.4, -0.2) is 5.91 Å². The van der Waals surface area contributed by atoms with Gasteiger partial charge in [0.1, 0.15) is 0 Å². The molecule has 0 saturated heterocycles. The standard InChI is InChI=1S/C6H6N2O/c7-5-3-1-2-4-6(8)9/h1-4H,(H2,8,9)/b3-1+,4-2+. The molecule has 0 bridgehead atoms. The molecule has 1 amide bonds. The number of allylic oxidation sites excluding steroid dienone is 3. The SMILES string of the molecule is N#C/C=C/C=C/C(N)=O. The second-order valence-electron chi connectivity index (χ2n) is 1.25. The molecule has 0 heterocycles. The van der Waals surface area contributed by atoms with Crippen molar-refractivity contribution in [3.63, 3.8) is 0 Å². The van der Waals surface area contributed by atoms with E-state index in [0.29, 0.717) is 0 Å². The molecule has 0 aliphatic carbocycles. The van der Waals surface area contributed by atoms with Gasteiger partial charge in [0.2, 0.25) is 5.91 Å². The highest BCUT2D eigenvalue weighted by molar-refractivity contribution is 5.85. The van der Waals surface area contributed by atoms with Gasteiger partial charge in [0.05, 0.1) is 6.07 Å². The number of nitriles is 1. The summed E-state index contributed by atoms with van der Waals surface area (Å²) < 4.78 is 0. The first-order valence-electron chi connectivity index (χ1n) is 2.29. The van der Waals surface area contributed by atoms with Crippen LogP contribution in [0.4, 0.5) is 0 Å². The third-order valence-electron chi connectivity index (χ3n) is 0.542. The van der Waals surface area contributed by atoms with Gasteiger partial charge in [-0.15, -0.1) is 0 Å². The highest BCUT2D eigenvalue weighted by Crippen LogP contribution is 1.73. The molecule has 0 unspecified atom stereocenters. The van der Waals surface area contributed by atoms with Crippen molar-refractivity contribution in [1.29, 1.82) is 5.26 Å². The highest BCUT2D eigenvalue weighted by Gasteiger charge is 1.75. The molecule has 0 aliphatic rings.